The van der Waals surface area contributed by atoms with Crippen molar-refractivity contribution in [1.29, 1.82) is 0 Å². The topological polar surface area (TPSA) is 29.1 Å². The largest absolute Gasteiger partial charge is 0.320 e. The lowest BCUT2D eigenvalue weighted by Gasteiger charge is -2.52. The fourth-order valence-electron chi connectivity index (χ4n) is 3.26. The summed E-state index contributed by atoms with van der Waals surface area (Å²) in [6.07, 6.45) is 3.06. The third-order valence-electron chi connectivity index (χ3n) is 5.29. The number of amides is 1. The maximum absolute atomic E-state index is 13.0. The summed E-state index contributed by atoms with van der Waals surface area (Å²) in [5, 5.41) is 3.89. The van der Waals surface area contributed by atoms with Gasteiger partial charge in [0.25, 0.3) is 5.91 Å². The van der Waals surface area contributed by atoms with E-state index in [-0.39, 0.29) is 11.4 Å². The van der Waals surface area contributed by atoms with E-state index in [0.29, 0.717) is 5.02 Å². The molecule has 1 amide bonds. The first-order valence-corrected chi connectivity index (χ1v) is 8.02. The van der Waals surface area contributed by atoms with Crippen LogP contribution in [0.2, 0.25) is 5.02 Å². The van der Waals surface area contributed by atoms with E-state index in [9.17, 15) is 4.79 Å². The molecule has 0 radical (unpaired) electrons. The molecular formula is C17H26ClN2O+. The number of nitrogens with one attached hydrogen (secondary N) is 1. The first-order chi connectivity index (χ1) is 9.73. The third kappa shape index (κ3) is 2.69. The smallest absolute Gasteiger partial charge is 0.285 e. The zero-order valence-corrected chi connectivity index (χ0v) is 14.5. The van der Waals surface area contributed by atoms with Crippen LogP contribution < -0.4 is 5.32 Å². The van der Waals surface area contributed by atoms with Gasteiger partial charge in [0.15, 0.2) is 5.54 Å². The predicted octanol–water partition coefficient (Wildman–Crippen LogP) is 3.91. The molecule has 0 spiro atoms. The second kappa shape index (κ2) is 5.62. The lowest BCUT2D eigenvalue weighted by atomic mass is 9.73. The number of quaternary nitrogens is 1. The Kier molecular flexibility index (Phi) is 4.36. The van der Waals surface area contributed by atoms with E-state index in [2.05, 4.69) is 26.3 Å². The molecule has 1 saturated carbocycles. The van der Waals surface area contributed by atoms with E-state index in [1.54, 1.807) is 0 Å². The fraction of sp³-hybridized carbons (Fsp3) is 0.588. The molecule has 1 fully saturated rings. The van der Waals surface area contributed by atoms with Gasteiger partial charge in [0.05, 0.1) is 20.6 Å². The van der Waals surface area contributed by atoms with Gasteiger partial charge in [0.1, 0.15) is 0 Å². The number of hydrogen-bond donors (Lipinski definition) is 1. The average molecular weight is 310 g/mol. The highest BCUT2D eigenvalue weighted by molar-refractivity contribution is 6.30. The van der Waals surface area contributed by atoms with Gasteiger partial charge in [0, 0.05) is 23.6 Å². The van der Waals surface area contributed by atoms with Crippen molar-refractivity contribution in [2.45, 2.75) is 45.6 Å². The Morgan fingerprint density at radius 3 is 2.19 bits per heavy atom. The number of halogens is 1. The molecule has 3 nitrogen and oxygen atoms in total. The maximum atomic E-state index is 13.0. The quantitative estimate of drug-likeness (QED) is 0.839. The Balaban J connectivity index is 2.30. The number of carbonyl (C=O) groups excluding carboxylic acids is 1. The van der Waals surface area contributed by atoms with Crippen LogP contribution in [0.3, 0.4) is 0 Å². The van der Waals surface area contributed by atoms with Crippen LogP contribution >= 0.6 is 11.6 Å². The molecule has 0 saturated heterocycles. The summed E-state index contributed by atoms with van der Waals surface area (Å²) >= 11 is 6.07. The van der Waals surface area contributed by atoms with Crippen LogP contribution in [0.4, 0.5) is 5.69 Å². The van der Waals surface area contributed by atoms with E-state index in [1.807, 2.05) is 26.0 Å². The normalized spacial score (nSPS) is 17.2. The SMILES string of the molecule is CC[N+](C)(C)C1(C(=O)Nc2c(C)cc(Cl)cc2C)CCC1. The number of hydrogen-bond acceptors (Lipinski definition) is 1. The lowest BCUT2D eigenvalue weighted by Crippen LogP contribution is -2.69. The van der Waals surface area contributed by atoms with Crippen molar-refractivity contribution in [2.24, 2.45) is 0 Å². The van der Waals surface area contributed by atoms with E-state index >= 15 is 0 Å². The maximum Gasteiger partial charge on any atom is 0.285 e. The molecule has 1 N–H and O–H groups in total. The number of anilines is 1. The van der Waals surface area contributed by atoms with E-state index < -0.39 is 0 Å². The van der Waals surface area contributed by atoms with Gasteiger partial charge in [-0.2, -0.15) is 0 Å². The van der Waals surface area contributed by atoms with Gasteiger partial charge in [-0.25, -0.2) is 0 Å². The second-order valence-corrected chi connectivity index (χ2v) is 7.19. The molecule has 2 rings (SSSR count). The molecule has 1 aromatic carbocycles. The molecule has 21 heavy (non-hydrogen) atoms. The summed E-state index contributed by atoms with van der Waals surface area (Å²) < 4.78 is 0.741. The molecule has 116 valence electrons. The molecule has 4 heteroatoms. The molecule has 0 aliphatic heterocycles. The third-order valence-corrected chi connectivity index (χ3v) is 5.51. The van der Waals surface area contributed by atoms with Crippen LogP contribution in [0.25, 0.3) is 0 Å². The van der Waals surface area contributed by atoms with Crippen molar-refractivity contribution < 1.29 is 9.28 Å². The van der Waals surface area contributed by atoms with Crippen LogP contribution in [-0.2, 0) is 4.79 Å². The Morgan fingerprint density at radius 1 is 1.29 bits per heavy atom. The monoisotopic (exact) mass is 309 g/mol. The average Bonchev–Trinajstić information content (AvgIpc) is 2.31. The summed E-state index contributed by atoms with van der Waals surface area (Å²) in [7, 11) is 4.31. The number of likely N-dealkylation sites (N-methyl/N-ethyl adjacent to an activating group) is 1. The minimum absolute atomic E-state index is 0.147. The summed E-state index contributed by atoms with van der Waals surface area (Å²) in [6, 6.07) is 3.80. The van der Waals surface area contributed by atoms with Gasteiger partial charge < -0.3 is 9.80 Å². The van der Waals surface area contributed by atoms with Crippen molar-refractivity contribution in [1.82, 2.24) is 0 Å². The lowest BCUT2D eigenvalue weighted by molar-refractivity contribution is -0.936. The highest BCUT2D eigenvalue weighted by atomic mass is 35.5. The van der Waals surface area contributed by atoms with Crippen LogP contribution in [0.5, 0.6) is 0 Å². The summed E-state index contributed by atoms with van der Waals surface area (Å²) in [6.45, 7) is 7.07. The summed E-state index contributed by atoms with van der Waals surface area (Å²) in [4.78, 5) is 13.0. The number of carbonyl (C=O) groups is 1. The molecule has 0 unspecified atom stereocenters. The standard InChI is InChI=1S/C17H25ClN2O/c1-6-20(4,5)17(8-7-9-17)16(21)19-15-12(2)10-14(18)11-13(15)3/h10-11H,6-9H2,1-5H3/p+1. The first kappa shape index (κ1) is 16.3. The van der Waals surface area contributed by atoms with Gasteiger partial charge in [-0.3, -0.25) is 4.79 Å². The van der Waals surface area contributed by atoms with Crippen LogP contribution in [0, 0.1) is 13.8 Å². The van der Waals surface area contributed by atoms with Gasteiger partial charge in [-0.1, -0.05) is 11.6 Å². The highest BCUT2D eigenvalue weighted by Crippen LogP contribution is 2.42. The Labute approximate surface area is 132 Å². The Morgan fingerprint density at radius 2 is 1.81 bits per heavy atom. The van der Waals surface area contributed by atoms with Crippen molar-refractivity contribution in [3.05, 3.63) is 28.3 Å². The molecule has 0 bridgehead atoms. The highest BCUT2D eigenvalue weighted by Gasteiger charge is 2.56. The van der Waals surface area contributed by atoms with E-state index in [4.69, 9.17) is 11.6 Å². The van der Waals surface area contributed by atoms with Gasteiger partial charge in [0.2, 0.25) is 0 Å². The first-order valence-electron chi connectivity index (χ1n) is 7.65. The van der Waals surface area contributed by atoms with Gasteiger partial charge in [-0.05, 0) is 50.5 Å². The summed E-state index contributed by atoms with van der Waals surface area (Å²) in [5.41, 5.74) is 2.66. The number of rotatable bonds is 4. The van der Waals surface area contributed by atoms with Crippen LogP contribution in [0.15, 0.2) is 12.1 Å². The molecular weight excluding hydrogens is 284 g/mol. The fourth-order valence-corrected chi connectivity index (χ4v) is 3.59. The molecule has 1 aliphatic rings. The predicted molar refractivity (Wildman–Crippen MR) is 88.8 cm³/mol. The van der Waals surface area contributed by atoms with Gasteiger partial charge >= 0.3 is 0 Å². The molecule has 0 atom stereocenters. The van der Waals surface area contributed by atoms with Crippen LogP contribution in [0.1, 0.15) is 37.3 Å². The summed E-state index contributed by atoms with van der Waals surface area (Å²) in [5.74, 6) is 0.147. The molecule has 0 aromatic heterocycles. The van der Waals surface area contributed by atoms with Gasteiger partial charge in [-0.15, -0.1) is 0 Å². The number of aryl methyl sites for hydroxylation is 2. The Bertz CT molecular complexity index is 539. The van der Waals surface area contributed by atoms with Crippen molar-refractivity contribution in [3.63, 3.8) is 0 Å². The molecule has 1 aromatic rings. The molecule has 0 heterocycles. The minimum Gasteiger partial charge on any atom is -0.320 e. The molecule has 1 aliphatic carbocycles. The number of benzene rings is 1. The zero-order valence-electron chi connectivity index (χ0n) is 13.7. The van der Waals surface area contributed by atoms with E-state index in [1.165, 1.54) is 0 Å². The van der Waals surface area contributed by atoms with E-state index in [0.717, 1.165) is 47.1 Å². The van der Waals surface area contributed by atoms with Crippen molar-refractivity contribution in [3.8, 4) is 0 Å². The second-order valence-electron chi connectivity index (χ2n) is 6.76. The van der Waals surface area contributed by atoms with Crippen LogP contribution in [-0.4, -0.2) is 36.6 Å². The zero-order chi connectivity index (χ0) is 15.8. The van der Waals surface area contributed by atoms with Crippen molar-refractivity contribution >= 4 is 23.2 Å². The minimum atomic E-state index is -0.284. The van der Waals surface area contributed by atoms with Crippen molar-refractivity contribution in [2.75, 3.05) is 26.0 Å². The Hall–Kier alpha value is -1.06. The number of nitrogens with zero attached hydrogens (tertiary/aromatic N) is 1.